The van der Waals surface area contributed by atoms with Gasteiger partial charge in [-0.1, -0.05) is 24.3 Å². The summed E-state index contributed by atoms with van der Waals surface area (Å²) < 4.78 is 0. The lowest BCUT2D eigenvalue weighted by atomic mass is 9.92. The molecule has 0 radical (unpaired) electrons. The van der Waals surface area contributed by atoms with Crippen LogP contribution in [0.5, 0.6) is 0 Å². The van der Waals surface area contributed by atoms with E-state index in [1.807, 2.05) is 6.08 Å². The molecule has 1 nitrogen and oxygen atoms in total. The fraction of sp³-hybridized carbons (Fsp3) is 0.636. The van der Waals surface area contributed by atoms with Crippen molar-refractivity contribution in [3.63, 3.8) is 0 Å². The minimum atomic E-state index is 0.836. The van der Waals surface area contributed by atoms with Crippen molar-refractivity contribution in [3.05, 3.63) is 24.3 Å². The molecule has 1 fully saturated rings. The average Bonchev–Trinajstić information content (AvgIpc) is 2.16. The molecule has 1 saturated heterocycles. The third-order valence-electron chi connectivity index (χ3n) is 2.56. The van der Waals surface area contributed by atoms with E-state index in [0.717, 1.165) is 5.92 Å². The molecular weight excluding hydrogens is 146 g/mol. The zero-order chi connectivity index (χ0) is 8.81. The number of allylic oxidation sites excluding steroid dienone is 3. The predicted octanol–water partition coefficient (Wildman–Crippen LogP) is 2.51. The summed E-state index contributed by atoms with van der Waals surface area (Å²) >= 11 is 0. The van der Waals surface area contributed by atoms with Crippen LogP contribution in [0.4, 0.5) is 0 Å². The summed E-state index contributed by atoms with van der Waals surface area (Å²) in [7, 11) is 0. The summed E-state index contributed by atoms with van der Waals surface area (Å²) in [5.41, 5.74) is 1.39. The van der Waals surface area contributed by atoms with Gasteiger partial charge < -0.3 is 5.32 Å². The summed E-state index contributed by atoms with van der Waals surface area (Å²) in [6.45, 7) is 8.29. The van der Waals surface area contributed by atoms with Gasteiger partial charge in [0.05, 0.1) is 0 Å². The lowest BCUT2D eigenvalue weighted by molar-refractivity contribution is 0.377. The van der Waals surface area contributed by atoms with Crippen LogP contribution < -0.4 is 5.32 Å². The van der Waals surface area contributed by atoms with E-state index in [2.05, 4.69) is 24.9 Å². The van der Waals surface area contributed by atoms with E-state index < -0.39 is 0 Å². The summed E-state index contributed by atoms with van der Waals surface area (Å²) in [6, 6.07) is 0. The van der Waals surface area contributed by atoms with Crippen molar-refractivity contribution < 1.29 is 0 Å². The highest BCUT2D eigenvalue weighted by molar-refractivity contribution is 5.15. The van der Waals surface area contributed by atoms with Crippen LogP contribution in [0.3, 0.4) is 0 Å². The zero-order valence-corrected chi connectivity index (χ0v) is 7.97. The molecule has 1 N–H and O–H groups in total. The molecule has 0 aromatic rings. The van der Waals surface area contributed by atoms with Gasteiger partial charge in [-0.2, -0.15) is 0 Å². The maximum atomic E-state index is 3.81. The Morgan fingerprint density at radius 1 is 1.67 bits per heavy atom. The van der Waals surface area contributed by atoms with Gasteiger partial charge in [-0.25, -0.2) is 0 Å². The van der Waals surface area contributed by atoms with Crippen molar-refractivity contribution in [2.75, 3.05) is 13.1 Å². The van der Waals surface area contributed by atoms with Gasteiger partial charge >= 0.3 is 0 Å². The molecule has 1 aliphatic heterocycles. The molecule has 1 aliphatic rings. The van der Waals surface area contributed by atoms with Crippen molar-refractivity contribution in [3.8, 4) is 0 Å². The highest BCUT2D eigenvalue weighted by Crippen LogP contribution is 2.19. The molecule has 68 valence electrons. The summed E-state index contributed by atoms with van der Waals surface area (Å²) in [5.74, 6) is 0.836. The van der Waals surface area contributed by atoms with Gasteiger partial charge in [0, 0.05) is 0 Å². The smallest absolute Gasteiger partial charge is 0.00173 e. The molecule has 0 bridgehead atoms. The normalized spacial score (nSPS) is 25.4. The summed E-state index contributed by atoms with van der Waals surface area (Å²) in [5, 5.41) is 3.43. The summed E-state index contributed by atoms with van der Waals surface area (Å²) in [4.78, 5) is 0. The highest BCUT2D eigenvalue weighted by atomic mass is 14.9. The molecular formula is C11H19N. The Morgan fingerprint density at radius 2 is 2.50 bits per heavy atom. The zero-order valence-electron chi connectivity index (χ0n) is 7.97. The SMILES string of the molecule is C=CC(=CC)CC1CCCNC1. The van der Waals surface area contributed by atoms with Crippen LogP contribution in [0.1, 0.15) is 26.2 Å². The maximum absolute atomic E-state index is 3.81. The number of hydrogen-bond acceptors (Lipinski definition) is 1. The van der Waals surface area contributed by atoms with Crippen molar-refractivity contribution >= 4 is 0 Å². The van der Waals surface area contributed by atoms with Gasteiger partial charge in [0.1, 0.15) is 0 Å². The van der Waals surface area contributed by atoms with Crippen LogP contribution in [0.2, 0.25) is 0 Å². The van der Waals surface area contributed by atoms with Gasteiger partial charge in [-0.05, 0) is 45.2 Å². The Kier molecular flexibility index (Phi) is 4.09. The van der Waals surface area contributed by atoms with E-state index in [9.17, 15) is 0 Å². The van der Waals surface area contributed by atoms with Gasteiger partial charge in [0.15, 0.2) is 0 Å². The van der Waals surface area contributed by atoms with Gasteiger partial charge in [0.25, 0.3) is 0 Å². The fourth-order valence-electron chi connectivity index (χ4n) is 1.75. The molecule has 0 aromatic carbocycles. The Balaban J connectivity index is 2.33. The lowest BCUT2D eigenvalue weighted by Gasteiger charge is -2.22. The van der Waals surface area contributed by atoms with E-state index >= 15 is 0 Å². The number of nitrogens with one attached hydrogen (secondary N) is 1. The molecule has 0 saturated carbocycles. The second-order valence-corrected chi connectivity index (χ2v) is 3.48. The lowest BCUT2D eigenvalue weighted by Crippen LogP contribution is -2.29. The van der Waals surface area contributed by atoms with E-state index in [1.54, 1.807) is 0 Å². The first-order chi connectivity index (χ1) is 5.86. The second-order valence-electron chi connectivity index (χ2n) is 3.48. The highest BCUT2D eigenvalue weighted by Gasteiger charge is 2.12. The second kappa shape index (κ2) is 5.15. The molecule has 1 atom stereocenters. The molecule has 1 heteroatoms. The molecule has 1 rings (SSSR count). The van der Waals surface area contributed by atoms with Crippen LogP contribution in [-0.2, 0) is 0 Å². The van der Waals surface area contributed by atoms with Crippen LogP contribution in [-0.4, -0.2) is 13.1 Å². The third-order valence-corrected chi connectivity index (χ3v) is 2.56. The van der Waals surface area contributed by atoms with Crippen LogP contribution in [0, 0.1) is 5.92 Å². The fourth-order valence-corrected chi connectivity index (χ4v) is 1.75. The molecule has 1 unspecified atom stereocenters. The van der Waals surface area contributed by atoms with Crippen molar-refractivity contribution in [2.45, 2.75) is 26.2 Å². The molecule has 0 spiro atoms. The minimum Gasteiger partial charge on any atom is -0.316 e. The monoisotopic (exact) mass is 165 g/mol. The van der Waals surface area contributed by atoms with E-state index in [1.165, 1.54) is 37.9 Å². The van der Waals surface area contributed by atoms with Crippen LogP contribution in [0.25, 0.3) is 0 Å². The van der Waals surface area contributed by atoms with Gasteiger partial charge in [-0.3, -0.25) is 0 Å². The average molecular weight is 165 g/mol. The topological polar surface area (TPSA) is 12.0 Å². The third kappa shape index (κ3) is 2.82. The first-order valence-electron chi connectivity index (χ1n) is 4.85. The van der Waals surface area contributed by atoms with E-state index in [-0.39, 0.29) is 0 Å². The minimum absolute atomic E-state index is 0.836. The summed E-state index contributed by atoms with van der Waals surface area (Å²) in [6.07, 6.45) is 8.06. The van der Waals surface area contributed by atoms with Crippen molar-refractivity contribution in [1.82, 2.24) is 5.32 Å². The number of hydrogen-bond donors (Lipinski definition) is 1. The Hall–Kier alpha value is -0.560. The molecule has 1 heterocycles. The number of piperidine rings is 1. The molecule has 0 aliphatic carbocycles. The van der Waals surface area contributed by atoms with Crippen molar-refractivity contribution in [2.24, 2.45) is 5.92 Å². The van der Waals surface area contributed by atoms with E-state index in [4.69, 9.17) is 0 Å². The Bertz CT molecular complexity index is 164. The van der Waals surface area contributed by atoms with Crippen molar-refractivity contribution in [1.29, 1.82) is 0 Å². The quantitative estimate of drug-likeness (QED) is 0.634. The van der Waals surface area contributed by atoms with Gasteiger partial charge in [-0.15, -0.1) is 0 Å². The Labute approximate surface area is 75.6 Å². The predicted molar refractivity (Wildman–Crippen MR) is 54.2 cm³/mol. The Morgan fingerprint density at radius 3 is 3.00 bits per heavy atom. The van der Waals surface area contributed by atoms with E-state index in [0.29, 0.717) is 0 Å². The van der Waals surface area contributed by atoms with Gasteiger partial charge in [0.2, 0.25) is 0 Å². The first kappa shape index (κ1) is 9.53. The number of rotatable bonds is 3. The molecule has 12 heavy (non-hydrogen) atoms. The maximum Gasteiger partial charge on any atom is -0.00173 e. The molecule has 0 aromatic heterocycles. The molecule has 0 amide bonds. The van der Waals surface area contributed by atoms with Crippen LogP contribution in [0.15, 0.2) is 24.3 Å². The first-order valence-corrected chi connectivity index (χ1v) is 4.85. The largest absolute Gasteiger partial charge is 0.316 e. The van der Waals surface area contributed by atoms with Crippen LogP contribution >= 0.6 is 0 Å². The standard InChI is InChI=1S/C11H19N/c1-3-10(4-2)8-11-6-5-7-12-9-11/h3-4,11-12H,1,5-9H2,2H3.